The highest BCUT2D eigenvalue weighted by Crippen LogP contribution is 2.45. The van der Waals surface area contributed by atoms with Gasteiger partial charge < -0.3 is 20.1 Å². The molecular formula is C24H27N7O2. The summed E-state index contributed by atoms with van der Waals surface area (Å²) in [6, 6.07) is 7.96. The Morgan fingerprint density at radius 1 is 1.21 bits per heavy atom. The summed E-state index contributed by atoms with van der Waals surface area (Å²) in [5.74, 6) is 1.56. The second-order valence-electron chi connectivity index (χ2n) is 9.44. The van der Waals surface area contributed by atoms with Crippen LogP contribution in [0.4, 0.5) is 11.5 Å². The summed E-state index contributed by atoms with van der Waals surface area (Å²) >= 11 is 0. The lowest BCUT2D eigenvalue weighted by molar-refractivity contribution is -0.121. The fourth-order valence-electron chi connectivity index (χ4n) is 5.41. The predicted octanol–water partition coefficient (Wildman–Crippen LogP) is 2.38. The molecule has 0 bridgehead atoms. The molecule has 1 spiro atoms. The fourth-order valence-corrected chi connectivity index (χ4v) is 5.41. The topological polar surface area (TPSA) is 105 Å². The number of amides is 2. The summed E-state index contributed by atoms with van der Waals surface area (Å²) in [5, 5.41) is 6.07. The van der Waals surface area contributed by atoms with Gasteiger partial charge >= 0.3 is 0 Å². The molecule has 2 fully saturated rings. The Bertz CT molecular complexity index is 1250. The van der Waals surface area contributed by atoms with Crippen molar-refractivity contribution in [3.05, 3.63) is 42.0 Å². The van der Waals surface area contributed by atoms with Gasteiger partial charge in [-0.15, -0.1) is 0 Å². The van der Waals surface area contributed by atoms with Crippen LogP contribution in [-0.4, -0.2) is 51.0 Å². The molecule has 0 atom stereocenters. The van der Waals surface area contributed by atoms with Crippen molar-refractivity contribution < 1.29 is 9.59 Å². The third kappa shape index (κ3) is 3.09. The van der Waals surface area contributed by atoms with Crippen LogP contribution in [-0.2, 0) is 17.3 Å². The van der Waals surface area contributed by atoms with Crippen molar-refractivity contribution in [2.24, 2.45) is 13.0 Å². The summed E-state index contributed by atoms with van der Waals surface area (Å²) in [5.41, 5.74) is 2.78. The number of benzene rings is 1. The van der Waals surface area contributed by atoms with E-state index in [2.05, 4.69) is 36.6 Å². The lowest BCUT2D eigenvalue weighted by atomic mass is 9.73. The highest BCUT2D eigenvalue weighted by molar-refractivity contribution is 6.06. The number of nitrogens with zero attached hydrogens (tertiary/aromatic N) is 5. The number of imidazole rings is 1. The average Bonchev–Trinajstić information content (AvgIpc) is 3.28. The van der Waals surface area contributed by atoms with Crippen LogP contribution in [0.2, 0.25) is 0 Å². The third-order valence-corrected chi connectivity index (χ3v) is 7.66. The summed E-state index contributed by atoms with van der Waals surface area (Å²) in [4.78, 5) is 41.4. The molecule has 6 rings (SSSR count). The van der Waals surface area contributed by atoms with Gasteiger partial charge in [-0.3, -0.25) is 9.59 Å². The SMILES string of the molecule is Cn1c(C(=O)NCC2CCC2)nc2c(N3CCC4(CC3)C(=O)Nc3ccccc34)ncnc21. The van der Waals surface area contributed by atoms with E-state index in [9.17, 15) is 9.59 Å². The van der Waals surface area contributed by atoms with Crippen molar-refractivity contribution in [3.63, 3.8) is 0 Å². The van der Waals surface area contributed by atoms with E-state index < -0.39 is 5.41 Å². The normalized spacial score (nSPS) is 19.4. The Morgan fingerprint density at radius 2 is 2.00 bits per heavy atom. The van der Waals surface area contributed by atoms with Crippen LogP contribution in [0, 0.1) is 5.92 Å². The number of aromatic nitrogens is 4. The van der Waals surface area contributed by atoms with Gasteiger partial charge in [-0.25, -0.2) is 15.0 Å². The highest BCUT2D eigenvalue weighted by Gasteiger charge is 2.48. The Morgan fingerprint density at radius 3 is 2.76 bits per heavy atom. The molecule has 1 aromatic carbocycles. The largest absolute Gasteiger partial charge is 0.355 e. The number of piperidine rings is 1. The molecule has 4 heterocycles. The second-order valence-corrected chi connectivity index (χ2v) is 9.44. The third-order valence-electron chi connectivity index (χ3n) is 7.66. The number of fused-ring (bicyclic) bond motifs is 3. The number of nitrogens with one attached hydrogen (secondary N) is 2. The van der Waals surface area contributed by atoms with Crippen molar-refractivity contribution in [2.75, 3.05) is 29.9 Å². The Labute approximate surface area is 191 Å². The van der Waals surface area contributed by atoms with E-state index in [1.54, 1.807) is 4.57 Å². The van der Waals surface area contributed by atoms with Crippen LogP contribution in [0.3, 0.4) is 0 Å². The van der Waals surface area contributed by atoms with Gasteiger partial charge in [0.15, 0.2) is 17.0 Å². The first-order chi connectivity index (χ1) is 16.1. The summed E-state index contributed by atoms with van der Waals surface area (Å²) in [7, 11) is 1.81. The van der Waals surface area contributed by atoms with Crippen molar-refractivity contribution in [1.82, 2.24) is 24.8 Å². The molecule has 9 heteroatoms. The minimum absolute atomic E-state index is 0.0828. The van der Waals surface area contributed by atoms with Crippen LogP contribution in [0.1, 0.15) is 48.3 Å². The lowest BCUT2D eigenvalue weighted by Gasteiger charge is -2.38. The maximum atomic E-state index is 12.9. The monoisotopic (exact) mass is 445 g/mol. The van der Waals surface area contributed by atoms with Gasteiger partial charge in [-0.2, -0.15) is 0 Å². The first-order valence-corrected chi connectivity index (χ1v) is 11.7. The summed E-state index contributed by atoms with van der Waals surface area (Å²) < 4.78 is 1.74. The van der Waals surface area contributed by atoms with E-state index in [1.807, 2.05) is 25.2 Å². The van der Waals surface area contributed by atoms with Crippen LogP contribution >= 0.6 is 0 Å². The van der Waals surface area contributed by atoms with Gasteiger partial charge in [0.05, 0.1) is 5.41 Å². The van der Waals surface area contributed by atoms with Crippen LogP contribution in [0.15, 0.2) is 30.6 Å². The molecule has 3 aromatic rings. The highest BCUT2D eigenvalue weighted by atomic mass is 16.2. The molecule has 2 N–H and O–H groups in total. The number of carbonyl (C=O) groups is 2. The van der Waals surface area contributed by atoms with E-state index >= 15 is 0 Å². The number of hydrogen-bond acceptors (Lipinski definition) is 6. The standard InChI is InChI=1S/C24H27N7O2/c1-30-19-18(29-21(30)22(32)25-13-15-5-4-6-15)20(27-14-26-19)31-11-9-24(10-12-31)16-7-2-3-8-17(16)28-23(24)33/h2-3,7-8,14-15H,4-6,9-13H2,1H3,(H,25,32)(H,28,33). The van der Waals surface area contributed by atoms with E-state index in [0.717, 1.165) is 17.1 Å². The van der Waals surface area contributed by atoms with Crippen molar-refractivity contribution >= 4 is 34.5 Å². The predicted molar refractivity (Wildman–Crippen MR) is 124 cm³/mol. The zero-order valence-corrected chi connectivity index (χ0v) is 18.7. The van der Waals surface area contributed by atoms with Crippen LogP contribution in [0.25, 0.3) is 11.2 Å². The van der Waals surface area contributed by atoms with Crippen LogP contribution in [0.5, 0.6) is 0 Å². The number of para-hydroxylation sites is 1. The van der Waals surface area contributed by atoms with E-state index in [0.29, 0.717) is 55.4 Å². The Kier molecular flexibility index (Phi) is 4.60. The van der Waals surface area contributed by atoms with Crippen molar-refractivity contribution in [3.8, 4) is 0 Å². The average molecular weight is 446 g/mol. The second kappa shape index (κ2) is 7.54. The Balaban J connectivity index is 1.26. The maximum absolute atomic E-state index is 12.9. The molecular weight excluding hydrogens is 418 g/mol. The fraction of sp³-hybridized carbons (Fsp3) is 0.458. The minimum Gasteiger partial charge on any atom is -0.355 e. The molecule has 2 amide bonds. The smallest absolute Gasteiger partial charge is 0.287 e. The maximum Gasteiger partial charge on any atom is 0.287 e. The number of aryl methyl sites for hydroxylation is 1. The van der Waals surface area contributed by atoms with Gasteiger partial charge in [-0.05, 0) is 43.2 Å². The lowest BCUT2D eigenvalue weighted by Crippen LogP contribution is -2.46. The molecule has 1 saturated carbocycles. The zero-order chi connectivity index (χ0) is 22.6. The van der Waals surface area contributed by atoms with Gasteiger partial charge in [0, 0.05) is 32.4 Å². The molecule has 9 nitrogen and oxygen atoms in total. The number of anilines is 2. The molecule has 0 unspecified atom stereocenters. The molecule has 2 aromatic heterocycles. The molecule has 33 heavy (non-hydrogen) atoms. The van der Waals surface area contributed by atoms with Gasteiger partial charge in [0.25, 0.3) is 5.91 Å². The summed E-state index contributed by atoms with van der Waals surface area (Å²) in [6.07, 6.45) is 6.52. The number of carbonyl (C=O) groups excluding carboxylic acids is 2. The molecule has 3 aliphatic rings. The summed E-state index contributed by atoms with van der Waals surface area (Å²) in [6.45, 7) is 2.04. The first-order valence-electron chi connectivity index (χ1n) is 11.7. The molecule has 2 aliphatic heterocycles. The number of hydrogen-bond donors (Lipinski definition) is 2. The molecule has 1 saturated heterocycles. The first kappa shape index (κ1) is 20.1. The van der Waals surface area contributed by atoms with Gasteiger partial charge in [0.2, 0.25) is 11.7 Å². The molecule has 0 radical (unpaired) electrons. The van der Waals surface area contributed by atoms with E-state index in [-0.39, 0.29) is 11.8 Å². The number of rotatable bonds is 4. The molecule has 1 aliphatic carbocycles. The van der Waals surface area contributed by atoms with Crippen molar-refractivity contribution in [2.45, 2.75) is 37.5 Å². The van der Waals surface area contributed by atoms with Crippen molar-refractivity contribution in [1.29, 1.82) is 0 Å². The minimum atomic E-state index is -0.490. The van der Waals surface area contributed by atoms with Gasteiger partial charge in [-0.1, -0.05) is 24.6 Å². The van der Waals surface area contributed by atoms with E-state index in [1.165, 1.54) is 25.6 Å². The molecule has 170 valence electrons. The quantitative estimate of drug-likeness (QED) is 0.639. The van der Waals surface area contributed by atoms with Gasteiger partial charge in [0.1, 0.15) is 6.33 Å². The zero-order valence-electron chi connectivity index (χ0n) is 18.7. The van der Waals surface area contributed by atoms with Crippen LogP contribution < -0.4 is 15.5 Å². The van der Waals surface area contributed by atoms with E-state index in [4.69, 9.17) is 0 Å². The Hall–Kier alpha value is -3.49.